The molecule has 0 saturated carbocycles. The molecule has 0 spiro atoms. The van der Waals surface area contributed by atoms with E-state index in [1.165, 1.54) is 10.9 Å². The number of H-pyrrole nitrogens is 1. The van der Waals surface area contributed by atoms with Gasteiger partial charge in [-0.3, -0.25) is 9.36 Å². The first-order valence-electron chi connectivity index (χ1n) is 7.60. The highest BCUT2D eigenvalue weighted by Crippen LogP contribution is 2.38. The molecule has 0 amide bonds. The lowest BCUT2D eigenvalue weighted by atomic mass is 10.1. The molecule has 0 aromatic carbocycles. The zero-order valence-electron chi connectivity index (χ0n) is 13.5. The number of nitrogens with one attached hydrogen (secondary N) is 1. The van der Waals surface area contributed by atoms with Crippen molar-refractivity contribution in [1.29, 1.82) is 0 Å². The fraction of sp³-hybridized carbons (Fsp3) is 0.615. The summed E-state index contributed by atoms with van der Waals surface area (Å²) >= 11 is 0. The maximum absolute atomic E-state index is 12.0. The van der Waals surface area contributed by atoms with Gasteiger partial charge in [-0.2, -0.15) is 0 Å². The van der Waals surface area contributed by atoms with Crippen LogP contribution in [0.25, 0.3) is 11.2 Å². The van der Waals surface area contributed by atoms with Gasteiger partial charge < -0.3 is 19.6 Å². The maximum Gasteiger partial charge on any atom is 0.695 e. The average Bonchev–Trinajstić information content (AvgIpc) is 3.09. The molecule has 2 unspecified atom stereocenters. The highest BCUT2D eigenvalue weighted by molar-refractivity contribution is 7.32. The standard InChI is InChI=1S/C13H17N4O7P/c1-3-22-9-7(4-18)23-13(10(9)24-25(20)21)17-5-14-8-11(17)15-6(2)16-12(8)19/h5,7,9-10,13,18H,3-4H2,1-2H3,(H-,15,16,19,20,21)/p+1/t7-,9+,10?,13-/m1/s1. The number of hydrogen-bond donors (Lipinski definition) is 3. The third-order valence-corrected chi connectivity index (χ3v) is 4.29. The number of imidazole rings is 1. The number of nitrogens with zero attached hydrogens (tertiary/aromatic N) is 3. The third-order valence-electron chi connectivity index (χ3n) is 3.86. The van der Waals surface area contributed by atoms with Crippen LogP contribution < -0.4 is 5.56 Å². The summed E-state index contributed by atoms with van der Waals surface area (Å²) in [5.74, 6) is 0.378. The molecule has 2 aromatic heterocycles. The first kappa shape index (κ1) is 18.1. The van der Waals surface area contributed by atoms with Crippen molar-refractivity contribution in [2.75, 3.05) is 13.2 Å². The largest absolute Gasteiger partial charge is 0.695 e. The van der Waals surface area contributed by atoms with Gasteiger partial charge in [0.05, 0.1) is 12.9 Å². The predicted octanol–water partition coefficient (Wildman–Crippen LogP) is -0.242. The van der Waals surface area contributed by atoms with Crippen LogP contribution in [0.1, 0.15) is 19.0 Å². The number of aliphatic hydroxyl groups excluding tert-OH is 1. The SMILES string of the molecule is CCO[C@@H]1C(O[P+](=O)O)[C@H](n2cnc3c(=O)[nH]c(C)nc32)O[C@@H]1CO. The molecular weight excluding hydrogens is 355 g/mol. The zero-order valence-corrected chi connectivity index (χ0v) is 14.4. The summed E-state index contributed by atoms with van der Waals surface area (Å²) < 4.78 is 29.1. The smallest absolute Gasteiger partial charge is 0.394 e. The van der Waals surface area contributed by atoms with Gasteiger partial charge in [0, 0.05) is 11.2 Å². The first-order chi connectivity index (χ1) is 12.0. The lowest BCUT2D eigenvalue weighted by molar-refractivity contribution is -0.0584. The molecule has 3 N–H and O–H groups in total. The molecule has 0 aliphatic carbocycles. The van der Waals surface area contributed by atoms with E-state index in [0.717, 1.165) is 0 Å². The Bertz CT molecular complexity index is 837. The monoisotopic (exact) mass is 373 g/mol. The molecule has 11 nitrogen and oxygen atoms in total. The molecule has 5 atom stereocenters. The molecule has 0 bridgehead atoms. The number of hydrogen-bond acceptors (Lipinski definition) is 8. The van der Waals surface area contributed by atoms with Gasteiger partial charge in [0.1, 0.15) is 18.0 Å². The van der Waals surface area contributed by atoms with Crippen LogP contribution in [0.3, 0.4) is 0 Å². The van der Waals surface area contributed by atoms with Crippen LogP contribution in [0.5, 0.6) is 0 Å². The Morgan fingerprint density at radius 2 is 2.24 bits per heavy atom. The van der Waals surface area contributed by atoms with Gasteiger partial charge in [-0.25, -0.2) is 9.97 Å². The molecule has 12 heteroatoms. The summed E-state index contributed by atoms with van der Waals surface area (Å²) in [6, 6.07) is 0. The van der Waals surface area contributed by atoms with Gasteiger partial charge >= 0.3 is 8.25 Å². The van der Waals surface area contributed by atoms with Crippen LogP contribution in [-0.4, -0.2) is 61.0 Å². The quantitative estimate of drug-likeness (QED) is 0.583. The molecule has 1 saturated heterocycles. The van der Waals surface area contributed by atoms with Gasteiger partial charge in [0.2, 0.25) is 0 Å². The Morgan fingerprint density at radius 3 is 2.88 bits per heavy atom. The molecule has 25 heavy (non-hydrogen) atoms. The second kappa shape index (κ2) is 7.24. The summed E-state index contributed by atoms with van der Waals surface area (Å²) in [4.78, 5) is 32.0. The molecule has 1 aliphatic rings. The summed E-state index contributed by atoms with van der Waals surface area (Å²) in [6.07, 6.45) is -2.15. The summed E-state index contributed by atoms with van der Waals surface area (Å²) in [6.45, 7) is 3.28. The summed E-state index contributed by atoms with van der Waals surface area (Å²) in [5, 5.41) is 9.54. The van der Waals surface area contributed by atoms with Crippen molar-refractivity contribution >= 4 is 19.4 Å². The Hall–Kier alpha value is -1.75. The summed E-state index contributed by atoms with van der Waals surface area (Å²) in [5.41, 5.74) is -0.0754. The fourth-order valence-electron chi connectivity index (χ4n) is 2.91. The Morgan fingerprint density at radius 1 is 1.48 bits per heavy atom. The lowest BCUT2D eigenvalue weighted by Gasteiger charge is -2.18. The van der Waals surface area contributed by atoms with E-state index in [1.807, 2.05) is 0 Å². The normalized spacial score (nSPS) is 27.1. The van der Waals surface area contributed by atoms with Crippen LogP contribution in [0.2, 0.25) is 0 Å². The highest BCUT2D eigenvalue weighted by atomic mass is 31.1. The predicted molar refractivity (Wildman–Crippen MR) is 84.0 cm³/mol. The molecular formula is C13H18N4O7P+. The number of aliphatic hydroxyl groups is 1. The molecule has 3 heterocycles. The minimum Gasteiger partial charge on any atom is -0.394 e. The van der Waals surface area contributed by atoms with Crippen LogP contribution in [0.15, 0.2) is 11.1 Å². The summed E-state index contributed by atoms with van der Waals surface area (Å²) in [7, 11) is -2.94. The minimum atomic E-state index is -2.94. The average molecular weight is 373 g/mol. The first-order valence-corrected chi connectivity index (χ1v) is 8.73. The molecule has 1 fully saturated rings. The van der Waals surface area contributed by atoms with Crippen molar-refractivity contribution in [3.63, 3.8) is 0 Å². The van der Waals surface area contributed by atoms with Gasteiger partial charge in [0.15, 0.2) is 23.5 Å². The van der Waals surface area contributed by atoms with E-state index in [4.69, 9.17) is 14.0 Å². The second-order valence-electron chi connectivity index (χ2n) is 5.45. The van der Waals surface area contributed by atoms with Crippen molar-refractivity contribution in [3.05, 3.63) is 22.5 Å². The van der Waals surface area contributed by atoms with Gasteiger partial charge in [-0.1, -0.05) is 0 Å². The molecule has 136 valence electrons. The van der Waals surface area contributed by atoms with E-state index in [0.29, 0.717) is 12.4 Å². The Labute approximate surface area is 142 Å². The van der Waals surface area contributed by atoms with Crippen LogP contribution >= 0.6 is 8.25 Å². The van der Waals surface area contributed by atoms with E-state index in [9.17, 15) is 19.4 Å². The van der Waals surface area contributed by atoms with Crippen molar-refractivity contribution in [2.45, 2.75) is 38.4 Å². The molecule has 0 radical (unpaired) electrons. The zero-order chi connectivity index (χ0) is 18.1. The third kappa shape index (κ3) is 3.34. The highest BCUT2D eigenvalue weighted by Gasteiger charge is 2.51. The van der Waals surface area contributed by atoms with E-state index < -0.39 is 38.4 Å². The van der Waals surface area contributed by atoms with E-state index >= 15 is 0 Å². The molecule has 1 aliphatic heterocycles. The minimum absolute atomic E-state index is 0.0988. The number of fused-ring (bicyclic) bond motifs is 1. The van der Waals surface area contributed by atoms with Gasteiger partial charge in [-0.15, -0.1) is 9.42 Å². The Kier molecular flexibility index (Phi) is 5.23. The van der Waals surface area contributed by atoms with Crippen molar-refractivity contribution < 1.29 is 28.6 Å². The Balaban J connectivity index is 2.07. The van der Waals surface area contributed by atoms with Crippen LogP contribution in [0.4, 0.5) is 0 Å². The van der Waals surface area contributed by atoms with Crippen molar-refractivity contribution in [1.82, 2.24) is 19.5 Å². The van der Waals surface area contributed by atoms with Gasteiger partial charge in [-0.05, 0) is 13.8 Å². The fourth-order valence-corrected chi connectivity index (χ4v) is 3.34. The van der Waals surface area contributed by atoms with Crippen molar-refractivity contribution in [3.8, 4) is 0 Å². The number of rotatable bonds is 6. The molecule has 3 rings (SSSR count). The molecule has 2 aromatic rings. The number of ether oxygens (including phenoxy) is 2. The van der Waals surface area contributed by atoms with Crippen molar-refractivity contribution in [2.24, 2.45) is 0 Å². The topological polar surface area (TPSA) is 149 Å². The number of aromatic amines is 1. The van der Waals surface area contributed by atoms with E-state index in [2.05, 4.69) is 15.0 Å². The van der Waals surface area contributed by atoms with Crippen LogP contribution in [-0.2, 0) is 18.6 Å². The number of aromatic nitrogens is 4. The van der Waals surface area contributed by atoms with Gasteiger partial charge in [0.25, 0.3) is 5.56 Å². The lowest BCUT2D eigenvalue weighted by Crippen LogP contribution is -2.37. The number of aryl methyl sites for hydroxylation is 1. The van der Waals surface area contributed by atoms with E-state index in [-0.39, 0.29) is 17.8 Å². The maximum atomic E-state index is 12.0. The second-order valence-corrected chi connectivity index (χ2v) is 6.14. The van der Waals surface area contributed by atoms with E-state index in [1.54, 1.807) is 13.8 Å². The van der Waals surface area contributed by atoms with Crippen LogP contribution in [0, 0.1) is 6.92 Å².